The normalized spacial score (nSPS) is 20.3. The van der Waals surface area contributed by atoms with Crippen molar-refractivity contribution >= 4 is 44.4 Å². The Bertz CT molecular complexity index is 1140. The van der Waals surface area contributed by atoms with Crippen LogP contribution >= 0.6 is 11.3 Å². The van der Waals surface area contributed by atoms with Crippen LogP contribution in [0.1, 0.15) is 43.2 Å². The highest BCUT2D eigenvalue weighted by atomic mass is 32.1. The Kier molecular flexibility index (Phi) is 6.17. The summed E-state index contributed by atoms with van der Waals surface area (Å²) in [5.41, 5.74) is 4.37. The van der Waals surface area contributed by atoms with E-state index in [2.05, 4.69) is 28.5 Å². The molecule has 0 saturated heterocycles. The fraction of sp³-hybridized carbons (Fsp3) is 0.400. The van der Waals surface area contributed by atoms with E-state index < -0.39 is 5.97 Å². The number of carboxylic acids is 1. The van der Waals surface area contributed by atoms with Crippen molar-refractivity contribution in [2.24, 2.45) is 5.92 Å². The predicted molar refractivity (Wildman–Crippen MR) is 128 cm³/mol. The van der Waals surface area contributed by atoms with Crippen molar-refractivity contribution in [2.45, 2.75) is 51.2 Å². The summed E-state index contributed by atoms with van der Waals surface area (Å²) in [4.78, 5) is 30.0. The minimum atomic E-state index is -0.749. The van der Waals surface area contributed by atoms with Crippen LogP contribution in [0.2, 0.25) is 0 Å². The van der Waals surface area contributed by atoms with Gasteiger partial charge in [0.05, 0.1) is 10.2 Å². The largest absolute Gasteiger partial charge is 0.481 e. The number of hydrogen-bond acceptors (Lipinski definition) is 6. The first-order valence-corrected chi connectivity index (χ1v) is 12.3. The molecule has 1 amide bonds. The van der Waals surface area contributed by atoms with Gasteiger partial charge in [0.15, 0.2) is 5.13 Å². The second-order valence-corrected chi connectivity index (χ2v) is 9.92. The number of nitrogens with zero attached hydrogens (tertiary/aromatic N) is 2. The van der Waals surface area contributed by atoms with Crippen LogP contribution in [0.5, 0.6) is 0 Å². The van der Waals surface area contributed by atoms with Gasteiger partial charge < -0.3 is 20.1 Å². The van der Waals surface area contributed by atoms with Gasteiger partial charge in [-0.05, 0) is 73.4 Å². The van der Waals surface area contributed by atoms with Crippen molar-refractivity contribution in [3.8, 4) is 0 Å². The Morgan fingerprint density at radius 2 is 1.94 bits per heavy atom. The second-order valence-electron chi connectivity index (χ2n) is 8.89. The van der Waals surface area contributed by atoms with Crippen LogP contribution in [-0.4, -0.2) is 39.7 Å². The fourth-order valence-electron chi connectivity index (χ4n) is 4.75. The van der Waals surface area contributed by atoms with Crippen LogP contribution in [0.25, 0.3) is 10.2 Å². The van der Waals surface area contributed by atoms with Crippen LogP contribution in [0.15, 0.2) is 42.5 Å². The van der Waals surface area contributed by atoms with Gasteiger partial charge in [-0.25, -0.2) is 9.78 Å². The second kappa shape index (κ2) is 9.39. The Morgan fingerprint density at radius 3 is 2.73 bits per heavy atom. The third-order valence-electron chi connectivity index (χ3n) is 6.55. The smallest absolute Gasteiger partial charge is 0.410 e. The van der Waals surface area contributed by atoms with Gasteiger partial charge in [0.2, 0.25) is 0 Å². The van der Waals surface area contributed by atoms with Crippen LogP contribution in [0.4, 0.5) is 15.6 Å². The standard InChI is InChI=1S/C25H27N3O4S/c29-23(30)13-16-5-9-20(10-6-16)32-25(31)28-12-11-17-14-19(8-7-18(17)15-28)26-24-27-21-3-1-2-4-22(21)33-24/h1-4,7-8,14,16,20H,5-6,9-13,15H2,(H,26,27)(H,29,30). The van der Waals surface area contributed by atoms with Crippen molar-refractivity contribution in [3.63, 3.8) is 0 Å². The number of carbonyl (C=O) groups excluding carboxylic acids is 1. The van der Waals surface area contributed by atoms with Crippen molar-refractivity contribution in [1.29, 1.82) is 0 Å². The van der Waals surface area contributed by atoms with Gasteiger partial charge in [0, 0.05) is 25.2 Å². The molecular formula is C25H27N3O4S. The number of amides is 1. The van der Waals surface area contributed by atoms with Gasteiger partial charge in [-0.15, -0.1) is 0 Å². The van der Waals surface area contributed by atoms with E-state index in [9.17, 15) is 9.59 Å². The lowest BCUT2D eigenvalue weighted by molar-refractivity contribution is -0.138. The molecule has 2 aromatic carbocycles. The molecule has 172 valence electrons. The maximum Gasteiger partial charge on any atom is 0.410 e. The molecule has 0 atom stereocenters. The SMILES string of the molecule is O=C(O)CC1CCC(OC(=O)N2CCc3cc(Nc4nc5ccccc5s4)ccc3C2)CC1. The summed E-state index contributed by atoms with van der Waals surface area (Å²) >= 11 is 1.63. The number of thiazole rings is 1. The Balaban J connectivity index is 1.16. The molecule has 0 spiro atoms. The highest BCUT2D eigenvalue weighted by Gasteiger charge is 2.28. The molecule has 0 unspecified atom stereocenters. The summed E-state index contributed by atoms with van der Waals surface area (Å²) in [6, 6.07) is 14.3. The molecule has 8 heteroatoms. The van der Waals surface area contributed by atoms with E-state index in [4.69, 9.17) is 9.84 Å². The summed E-state index contributed by atoms with van der Waals surface area (Å²) in [5.74, 6) is -0.550. The zero-order valence-electron chi connectivity index (χ0n) is 18.3. The monoisotopic (exact) mass is 465 g/mol. The molecule has 2 aliphatic rings. The molecule has 1 aromatic heterocycles. The third kappa shape index (κ3) is 5.11. The number of rotatable bonds is 5. The van der Waals surface area contributed by atoms with Crippen molar-refractivity contribution < 1.29 is 19.4 Å². The van der Waals surface area contributed by atoms with Gasteiger partial charge >= 0.3 is 12.1 Å². The maximum absolute atomic E-state index is 12.7. The molecule has 1 fully saturated rings. The van der Waals surface area contributed by atoms with Crippen molar-refractivity contribution in [3.05, 3.63) is 53.6 Å². The molecule has 2 N–H and O–H groups in total. The molecule has 0 radical (unpaired) electrons. The topological polar surface area (TPSA) is 91.8 Å². The summed E-state index contributed by atoms with van der Waals surface area (Å²) in [5, 5.41) is 13.2. The minimum absolute atomic E-state index is 0.107. The first kappa shape index (κ1) is 21.7. The van der Waals surface area contributed by atoms with Crippen LogP contribution < -0.4 is 5.32 Å². The number of para-hydroxylation sites is 1. The van der Waals surface area contributed by atoms with Gasteiger partial charge in [-0.2, -0.15) is 0 Å². The first-order chi connectivity index (χ1) is 16.0. The Labute approximate surface area is 196 Å². The van der Waals surface area contributed by atoms with E-state index in [1.165, 1.54) is 5.56 Å². The van der Waals surface area contributed by atoms with Crippen molar-refractivity contribution in [2.75, 3.05) is 11.9 Å². The molecule has 0 bridgehead atoms. The number of aromatic nitrogens is 1. The lowest BCUT2D eigenvalue weighted by Crippen LogP contribution is -2.39. The molecule has 7 nitrogen and oxygen atoms in total. The fourth-order valence-corrected chi connectivity index (χ4v) is 5.64. The highest BCUT2D eigenvalue weighted by molar-refractivity contribution is 7.22. The van der Waals surface area contributed by atoms with Gasteiger partial charge in [-0.3, -0.25) is 4.79 Å². The zero-order chi connectivity index (χ0) is 22.8. The summed E-state index contributed by atoms with van der Waals surface area (Å²) in [6.07, 6.45) is 3.71. The van der Waals surface area contributed by atoms with E-state index in [0.717, 1.165) is 58.7 Å². The van der Waals surface area contributed by atoms with E-state index >= 15 is 0 Å². The average Bonchev–Trinajstić information content (AvgIpc) is 3.22. The summed E-state index contributed by atoms with van der Waals surface area (Å²) in [7, 11) is 0. The first-order valence-electron chi connectivity index (χ1n) is 11.5. The number of anilines is 2. The van der Waals surface area contributed by atoms with E-state index in [0.29, 0.717) is 13.1 Å². The van der Waals surface area contributed by atoms with Gasteiger partial charge in [0.1, 0.15) is 6.10 Å². The van der Waals surface area contributed by atoms with Gasteiger partial charge in [0.25, 0.3) is 0 Å². The lowest BCUT2D eigenvalue weighted by Gasteiger charge is -2.32. The molecule has 1 aliphatic carbocycles. The minimum Gasteiger partial charge on any atom is -0.481 e. The number of ether oxygens (including phenoxy) is 1. The van der Waals surface area contributed by atoms with E-state index in [1.807, 2.05) is 24.3 Å². The lowest BCUT2D eigenvalue weighted by atomic mass is 9.85. The van der Waals surface area contributed by atoms with Crippen molar-refractivity contribution in [1.82, 2.24) is 9.88 Å². The van der Waals surface area contributed by atoms with E-state index in [1.54, 1.807) is 16.2 Å². The van der Waals surface area contributed by atoms with Crippen LogP contribution in [0.3, 0.4) is 0 Å². The molecular weight excluding hydrogens is 438 g/mol. The average molecular weight is 466 g/mol. The molecule has 33 heavy (non-hydrogen) atoms. The number of fused-ring (bicyclic) bond motifs is 2. The molecule has 1 aliphatic heterocycles. The number of carboxylic acid groups (broad SMARTS) is 1. The van der Waals surface area contributed by atoms with Gasteiger partial charge in [-0.1, -0.05) is 29.5 Å². The number of nitrogens with one attached hydrogen (secondary N) is 1. The number of benzene rings is 2. The van der Waals surface area contributed by atoms with Crippen LogP contribution in [0, 0.1) is 5.92 Å². The predicted octanol–water partition coefficient (Wildman–Crippen LogP) is 5.57. The molecule has 5 rings (SSSR count). The number of carbonyl (C=O) groups is 2. The third-order valence-corrected chi connectivity index (χ3v) is 7.50. The molecule has 3 aromatic rings. The number of aliphatic carboxylic acids is 1. The Hall–Kier alpha value is -3.13. The van der Waals surface area contributed by atoms with Crippen LogP contribution in [-0.2, 0) is 22.5 Å². The summed E-state index contributed by atoms with van der Waals surface area (Å²) in [6.45, 7) is 1.18. The highest BCUT2D eigenvalue weighted by Crippen LogP contribution is 2.31. The van der Waals surface area contributed by atoms with E-state index in [-0.39, 0.29) is 24.5 Å². The maximum atomic E-state index is 12.7. The quantitative estimate of drug-likeness (QED) is 0.512. The Morgan fingerprint density at radius 1 is 1.12 bits per heavy atom. The summed E-state index contributed by atoms with van der Waals surface area (Å²) < 4.78 is 6.91. The number of hydrogen-bond donors (Lipinski definition) is 2. The molecule has 1 saturated carbocycles. The zero-order valence-corrected chi connectivity index (χ0v) is 19.1. The molecule has 2 heterocycles.